The summed E-state index contributed by atoms with van der Waals surface area (Å²) in [6, 6.07) is 10.3. The third kappa shape index (κ3) is 4.85. The van der Waals surface area contributed by atoms with Crippen molar-refractivity contribution in [1.29, 1.82) is 0 Å². The second kappa shape index (κ2) is 8.83. The Kier molecular flexibility index (Phi) is 7.44. The van der Waals surface area contributed by atoms with Crippen LogP contribution in [0.25, 0.3) is 0 Å². The number of carbonyl (C=O) groups excluding carboxylic acids is 1. The molecule has 21 heavy (non-hydrogen) atoms. The van der Waals surface area contributed by atoms with Gasteiger partial charge in [-0.2, -0.15) is 0 Å². The second-order valence-electron chi connectivity index (χ2n) is 5.95. The SMILES string of the molecule is CCCC(CN)(CCC)C(=O)N(C)CCc1ccccc1. The van der Waals surface area contributed by atoms with E-state index in [2.05, 4.69) is 26.0 Å². The maximum absolute atomic E-state index is 12.8. The molecule has 0 aliphatic rings. The van der Waals surface area contributed by atoms with E-state index in [0.717, 1.165) is 38.6 Å². The number of carbonyl (C=O) groups is 1. The minimum absolute atomic E-state index is 0.213. The minimum atomic E-state index is -0.366. The van der Waals surface area contributed by atoms with Gasteiger partial charge in [-0.25, -0.2) is 0 Å². The van der Waals surface area contributed by atoms with Gasteiger partial charge in [0.25, 0.3) is 0 Å². The molecule has 2 N–H and O–H groups in total. The van der Waals surface area contributed by atoms with E-state index >= 15 is 0 Å². The van der Waals surface area contributed by atoms with Crippen molar-refractivity contribution in [2.45, 2.75) is 46.0 Å². The second-order valence-corrected chi connectivity index (χ2v) is 5.95. The van der Waals surface area contributed by atoms with Gasteiger partial charge < -0.3 is 10.6 Å². The third-order valence-electron chi connectivity index (χ3n) is 4.23. The molecule has 118 valence electrons. The number of hydrogen-bond donors (Lipinski definition) is 1. The van der Waals surface area contributed by atoms with E-state index in [4.69, 9.17) is 5.73 Å². The Hall–Kier alpha value is -1.35. The maximum Gasteiger partial charge on any atom is 0.229 e. The average Bonchev–Trinajstić information content (AvgIpc) is 2.52. The number of amides is 1. The topological polar surface area (TPSA) is 46.3 Å². The largest absolute Gasteiger partial charge is 0.345 e. The lowest BCUT2D eigenvalue weighted by atomic mass is 9.78. The van der Waals surface area contributed by atoms with Crippen LogP contribution in [0, 0.1) is 5.41 Å². The Morgan fingerprint density at radius 1 is 1.14 bits per heavy atom. The van der Waals surface area contributed by atoms with E-state index in [0.29, 0.717) is 6.54 Å². The van der Waals surface area contributed by atoms with Crippen LogP contribution < -0.4 is 5.73 Å². The van der Waals surface area contributed by atoms with Crippen LogP contribution in [-0.2, 0) is 11.2 Å². The van der Waals surface area contributed by atoms with E-state index in [-0.39, 0.29) is 11.3 Å². The highest BCUT2D eigenvalue weighted by Gasteiger charge is 2.37. The highest BCUT2D eigenvalue weighted by molar-refractivity contribution is 5.82. The molecule has 0 atom stereocenters. The molecule has 0 saturated heterocycles. The monoisotopic (exact) mass is 290 g/mol. The predicted octanol–water partition coefficient (Wildman–Crippen LogP) is 3.23. The molecule has 0 bridgehead atoms. The van der Waals surface area contributed by atoms with Crippen LogP contribution in [0.1, 0.15) is 45.1 Å². The summed E-state index contributed by atoms with van der Waals surface area (Å²) in [6.07, 6.45) is 4.64. The first-order valence-corrected chi connectivity index (χ1v) is 8.09. The molecule has 0 unspecified atom stereocenters. The van der Waals surface area contributed by atoms with Gasteiger partial charge in [-0.05, 0) is 24.8 Å². The normalized spacial score (nSPS) is 11.4. The fraction of sp³-hybridized carbons (Fsp3) is 0.611. The predicted molar refractivity (Wildman–Crippen MR) is 89.1 cm³/mol. The van der Waals surface area contributed by atoms with Gasteiger partial charge in [0.2, 0.25) is 5.91 Å². The molecule has 0 fully saturated rings. The minimum Gasteiger partial charge on any atom is -0.345 e. The van der Waals surface area contributed by atoms with Crippen molar-refractivity contribution in [3.8, 4) is 0 Å². The molecule has 0 heterocycles. The summed E-state index contributed by atoms with van der Waals surface area (Å²) in [5.74, 6) is 0.213. The number of nitrogens with zero attached hydrogens (tertiary/aromatic N) is 1. The van der Waals surface area contributed by atoms with Gasteiger partial charge >= 0.3 is 0 Å². The fourth-order valence-electron chi connectivity index (χ4n) is 3.04. The standard InChI is InChI=1S/C18H30N2O/c1-4-12-18(15-19,13-5-2)17(21)20(3)14-11-16-9-7-6-8-10-16/h6-10H,4-5,11-15,19H2,1-3H3. The van der Waals surface area contributed by atoms with Gasteiger partial charge in [0.05, 0.1) is 5.41 Å². The van der Waals surface area contributed by atoms with Crippen molar-refractivity contribution in [1.82, 2.24) is 4.90 Å². The first kappa shape index (κ1) is 17.7. The Labute approximate surface area is 129 Å². The van der Waals surface area contributed by atoms with E-state index in [1.54, 1.807) is 0 Å². The number of hydrogen-bond acceptors (Lipinski definition) is 2. The summed E-state index contributed by atoms with van der Waals surface area (Å²) in [5.41, 5.74) is 6.88. The molecular formula is C18H30N2O. The molecule has 1 aromatic carbocycles. The van der Waals surface area contributed by atoms with Crippen LogP contribution in [0.2, 0.25) is 0 Å². The molecule has 1 aromatic rings. The van der Waals surface area contributed by atoms with E-state index in [1.807, 2.05) is 30.1 Å². The number of benzene rings is 1. The smallest absolute Gasteiger partial charge is 0.229 e. The Bertz CT molecular complexity index is 410. The molecule has 0 saturated carbocycles. The van der Waals surface area contributed by atoms with Crippen molar-refractivity contribution >= 4 is 5.91 Å². The van der Waals surface area contributed by atoms with Gasteiger partial charge in [-0.3, -0.25) is 4.79 Å². The molecule has 0 radical (unpaired) electrons. The molecule has 3 nitrogen and oxygen atoms in total. The fourth-order valence-corrected chi connectivity index (χ4v) is 3.04. The van der Waals surface area contributed by atoms with Crippen LogP contribution in [-0.4, -0.2) is 30.9 Å². The molecule has 1 amide bonds. The van der Waals surface area contributed by atoms with Gasteiger partial charge in [-0.1, -0.05) is 57.0 Å². The van der Waals surface area contributed by atoms with E-state index in [1.165, 1.54) is 5.56 Å². The number of nitrogens with two attached hydrogens (primary N) is 1. The molecule has 0 aliphatic carbocycles. The summed E-state index contributed by atoms with van der Waals surface area (Å²) in [6.45, 7) is 5.44. The van der Waals surface area contributed by atoms with Crippen molar-refractivity contribution in [2.75, 3.05) is 20.1 Å². The van der Waals surface area contributed by atoms with Crippen molar-refractivity contribution in [3.63, 3.8) is 0 Å². The van der Waals surface area contributed by atoms with Crippen LogP contribution in [0.4, 0.5) is 0 Å². The highest BCUT2D eigenvalue weighted by atomic mass is 16.2. The first-order valence-electron chi connectivity index (χ1n) is 8.09. The van der Waals surface area contributed by atoms with E-state index in [9.17, 15) is 4.79 Å². The zero-order valence-corrected chi connectivity index (χ0v) is 13.8. The van der Waals surface area contributed by atoms with Crippen LogP contribution in [0.15, 0.2) is 30.3 Å². The quantitative estimate of drug-likeness (QED) is 0.759. The lowest BCUT2D eigenvalue weighted by molar-refractivity contribution is -0.141. The average molecular weight is 290 g/mol. The Morgan fingerprint density at radius 2 is 1.71 bits per heavy atom. The summed E-state index contributed by atoms with van der Waals surface area (Å²) in [5, 5.41) is 0. The zero-order valence-electron chi connectivity index (χ0n) is 13.8. The Morgan fingerprint density at radius 3 is 2.19 bits per heavy atom. The summed E-state index contributed by atoms with van der Waals surface area (Å²) < 4.78 is 0. The molecule has 0 spiro atoms. The van der Waals surface area contributed by atoms with E-state index < -0.39 is 0 Å². The van der Waals surface area contributed by atoms with Crippen molar-refractivity contribution in [3.05, 3.63) is 35.9 Å². The molecule has 0 aromatic heterocycles. The highest BCUT2D eigenvalue weighted by Crippen LogP contribution is 2.31. The zero-order chi connectivity index (χ0) is 15.7. The molecular weight excluding hydrogens is 260 g/mol. The Balaban J connectivity index is 2.69. The van der Waals surface area contributed by atoms with Crippen LogP contribution in [0.5, 0.6) is 0 Å². The lowest BCUT2D eigenvalue weighted by Gasteiger charge is -2.35. The van der Waals surface area contributed by atoms with Crippen LogP contribution >= 0.6 is 0 Å². The van der Waals surface area contributed by atoms with Crippen molar-refractivity contribution < 1.29 is 4.79 Å². The molecule has 0 aliphatic heterocycles. The van der Waals surface area contributed by atoms with Gasteiger partial charge in [-0.15, -0.1) is 0 Å². The van der Waals surface area contributed by atoms with Gasteiger partial charge in [0.1, 0.15) is 0 Å². The summed E-state index contributed by atoms with van der Waals surface area (Å²) >= 11 is 0. The van der Waals surface area contributed by atoms with Crippen LogP contribution in [0.3, 0.4) is 0 Å². The van der Waals surface area contributed by atoms with Crippen molar-refractivity contribution in [2.24, 2.45) is 11.1 Å². The van der Waals surface area contributed by atoms with Gasteiger partial charge in [0.15, 0.2) is 0 Å². The first-order chi connectivity index (χ1) is 10.1. The maximum atomic E-state index is 12.8. The molecule has 1 rings (SSSR count). The summed E-state index contributed by atoms with van der Waals surface area (Å²) in [7, 11) is 1.90. The third-order valence-corrected chi connectivity index (χ3v) is 4.23. The molecule has 3 heteroatoms. The number of rotatable bonds is 9. The number of likely N-dealkylation sites (N-methyl/N-ethyl adjacent to an activating group) is 1. The van der Waals surface area contributed by atoms with Gasteiger partial charge in [0, 0.05) is 20.1 Å². The summed E-state index contributed by atoms with van der Waals surface area (Å²) in [4.78, 5) is 14.7. The lowest BCUT2D eigenvalue weighted by Crippen LogP contribution is -2.47.